The van der Waals surface area contributed by atoms with Crippen molar-refractivity contribution in [3.8, 4) is 0 Å². The number of carbonyl (C=O) groups is 2. The first-order valence-corrected chi connectivity index (χ1v) is 6.71. The van der Waals surface area contributed by atoms with Crippen LogP contribution in [0.5, 0.6) is 0 Å². The van der Waals surface area contributed by atoms with Gasteiger partial charge in [-0.25, -0.2) is 4.79 Å². The lowest BCUT2D eigenvalue weighted by Crippen LogP contribution is -2.37. The van der Waals surface area contributed by atoms with Crippen molar-refractivity contribution in [1.82, 2.24) is 5.32 Å². The Bertz CT molecular complexity index is 466. The van der Waals surface area contributed by atoms with Gasteiger partial charge in [-0.15, -0.1) is 0 Å². The molecule has 0 bridgehead atoms. The molecule has 0 radical (unpaired) electrons. The number of nitrogens with one attached hydrogen (secondary N) is 1. The monoisotopic (exact) mass is 278 g/mol. The molecule has 2 amide bonds. The number of nitrogens with zero attached hydrogens (tertiary/aromatic N) is 1. The maximum absolute atomic E-state index is 11.8. The number of benzene rings is 1. The molecule has 0 aliphatic heterocycles. The first-order chi connectivity index (χ1) is 9.43. The Kier molecular flexibility index (Phi) is 6.03. The number of hydrogen-bond donors (Lipinski definition) is 1. The molecule has 20 heavy (non-hydrogen) atoms. The lowest BCUT2D eigenvalue weighted by molar-refractivity contribution is -0.116. The van der Waals surface area contributed by atoms with Gasteiger partial charge in [0.2, 0.25) is 5.91 Å². The summed E-state index contributed by atoms with van der Waals surface area (Å²) in [6.07, 6.45) is -0.462. The molecule has 0 saturated carbocycles. The molecule has 0 saturated heterocycles. The Hall–Kier alpha value is -2.04. The van der Waals surface area contributed by atoms with E-state index in [-0.39, 0.29) is 5.91 Å². The van der Waals surface area contributed by atoms with Crippen molar-refractivity contribution >= 4 is 17.7 Å². The average Bonchev–Trinajstić information content (AvgIpc) is 2.33. The van der Waals surface area contributed by atoms with Crippen molar-refractivity contribution in [1.29, 1.82) is 0 Å². The summed E-state index contributed by atoms with van der Waals surface area (Å²) >= 11 is 0. The van der Waals surface area contributed by atoms with E-state index in [1.807, 2.05) is 26.0 Å². The third-order valence-corrected chi connectivity index (χ3v) is 2.78. The van der Waals surface area contributed by atoms with Crippen LogP contribution in [0.4, 0.5) is 10.5 Å². The molecular formula is C15H22N2O3. The minimum absolute atomic E-state index is 0.0549. The van der Waals surface area contributed by atoms with E-state index in [1.165, 1.54) is 6.92 Å². The van der Waals surface area contributed by atoms with Crippen LogP contribution in [0.3, 0.4) is 0 Å². The molecule has 0 aliphatic rings. The number of amides is 2. The highest BCUT2D eigenvalue weighted by atomic mass is 16.5. The summed E-state index contributed by atoms with van der Waals surface area (Å²) in [5.41, 5.74) is 3.05. The molecule has 0 fully saturated rings. The molecule has 0 atom stereocenters. The summed E-state index contributed by atoms with van der Waals surface area (Å²) in [6, 6.07) is 5.97. The van der Waals surface area contributed by atoms with Crippen LogP contribution in [-0.4, -0.2) is 31.7 Å². The van der Waals surface area contributed by atoms with Gasteiger partial charge in [0.25, 0.3) is 0 Å². The van der Waals surface area contributed by atoms with Gasteiger partial charge in [-0.1, -0.05) is 6.07 Å². The summed E-state index contributed by atoms with van der Waals surface area (Å²) in [4.78, 5) is 24.6. The fourth-order valence-electron chi connectivity index (χ4n) is 2.03. The van der Waals surface area contributed by atoms with Crippen LogP contribution in [0.25, 0.3) is 0 Å². The summed E-state index contributed by atoms with van der Waals surface area (Å²) in [6.45, 7) is 8.35. The summed E-state index contributed by atoms with van der Waals surface area (Å²) < 4.78 is 4.77. The molecule has 1 aromatic carbocycles. The topological polar surface area (TPSA) is 58.6 Å². The largest absolute Gasteiger partial charge is 0.450 e. The van der Waals surface area contributed by atoms with Gasteiger partial charge in [0.1, 0.15) is 0 Å². The summed E-state index contributed by atoms with van der Waals surface area (Å²) in [5.74, 6) is -0.0549. The molecular weight excluding hydrogens is 256 g/mol. The van der Waals surface area contributed by atoms with Gasteiger partial charge in [-0.3, -0.25) is 4.79 Å². The van der Waals surface area contributed by atoms with Gasteiger partial charge in [0.05, 0.1) is 6.61 Å². The van der Waals surface area contributed by atoms with E-state index in [0.29, 0.717) is 19.7 Å². The predicted molar refractivity (Wildman–Crippen MR) is 79.0 cm³/mol. The number of carbonyl (C=O) groups excluding carboxylic acids is 2. The molecule has 0 aliphatic carbocycles. The number of anilines is 1. The van der Waals surface area contributed by atoms with Crippen molar-refractivity contribution in [2.75, 3.05) is 24.6 Å². The van der Waals surface area contributed by atoms with E-state index in [0.717, 1.165) is 16.8 Å². The molecule has 0 unspecified atom stereocenters. The van der Waals surface area contributed by atoms with Crippen LogP contribution < -0.4 is 10.2 Å². The van der Waals surface area contributed by atoms with Crippen LogP contribution in [0.2, 0.25) is 0 Å². The highest BCUT2D eigenvalue weighted by molar-refractivity contribution is 5.91. The SMILES string of the molecule is CCOC(=O)NCCN(C(C)=O)c1cc(C)cc(C)c1. The highest BCUT2D eigenvalue weighted by Crippen LogP contribution is 2.18. The Balaban J connectivity index is 2.70. The second kappa shape index (κ2) is 7.53. The highest BCUT2D eigenvalue weighted by Gasteiger charge is 2.12. The minimum atomic E-state index is -0.462. The standard InChI is InChI=1S/C15H22N2O3/c1-5-20-15(19)16-6-7-17(13(4)18)14-9-11(2)8-12(3)10-14/h8-10H,5-7H2,1-4H3,(H,16,19). The smallest absolute Gasteiger partial charge is 0.407 e. The van der Waals surface area contributed by atoms with Gasteiger partial charge in [0, 0.05) is 25.7 Å². The van der Waals surface area contributed by atoms with E-state index in [4.69, 9.17) is 4.74 Å². The minimum Gasteiger partial charge on any atom is -0.450 e. The zero-order chi connectivity index (χ0) is 15.1. The lowest BCUT2D eigenvalue weighted by atomic mass is 10.1. The van der Waals surface area contributed by atoms with Crippen LogP contribution in [0.15, 0.2) is 18.2 Å². The Morgan fingerprint density at radius 2 is 1.80 bits per heavy atom. The van der Waals surface area contributed by atoms with Crippen LogP contribution in [-0.2, 0) is 9.53 Å². The molecule has 1 aromatic rings. The third kappa shape index (κ3) is 4.91. The van der Waals surface area contributed by atoms with Gasteiger partial charge in [-0.05, 0) is 44.0 Å². The number of ether oxygens (including phenoxy) is 1. The van der Waals surface area contributed by atoms with Gasteiger partial charge in [-0.2, -0.15) is 0 Å². The first-order valence-electron chi connectivity index (χ1n) is 6.71. The predicted octanol–water partition coefficient (Wildman–Crippen LogP) is 2.40. The van der Waals surface area contributed by atoms with E-state index >= 15 is 0 Å². The molecule has 0 spiro atoms. The quantitative estimate of drug-likeness (QED) is 0.899. The van der Waals surface area contributed by atoms with Crippen LogP contribution in [0.1, 0.15) is 25.0 Å². The second-order valence-electron chi connectivity index (χ2n) is 4.66. The number of rotatable bonds is 5. The second-order valence-corrected chi connectivity index (χ2v) is 4.66. The zero-order valence-electron chi connectivity index (χ0n) is 12.5. The van der Waals surface area contributed by atoms with Crippen molar-refractivity contribution < 1.29 is 14.3 Å². The molecule has 110 valence electrons. The molecule has 1 N–H and O–H groups in total. The van der Waals surface area contributed by atoms with Crippen LogP contribution in [0, 0.1) is 13.8 Å². The molecule has 0 aromatic heterocycles. The zero-order valence-corrected chi connectivity index (χ0v) is 12.5. The molecule has 0 heterocycles. The van der Waals surface area contributed by atoms with Gasteiger partial charge >= 0.3 is 6.09 Å². The van der Waals surface area contributed by atoms with Gasteiger partial charge in [0.15, 0.2) is 0 Å². The summed E-state index contributed by atoms with van der Waals surface area (Å²) in [5, 5.41) is 2.61. The number of aryl methyl sites for hydroxylation is 2. The third-order valence-electron chi connectivity index (χ3n) is 2.78. The van der Waals surface area contributed by atoms with Gasteiger partial charge < -0.3 is 15.0 Å². The fourth-order valence-corrected chi connectivity index (χ4v) is 2.03. The van der Waals surface area contributed by atoms with Crippen molar-refractivity contribution in [2.24, 2.45) is 0 Å². The molecule has 5 heteroatoms. The van der Waals surface area contributed by atoms with Crippen LogP contribution >= 0.6 is 0 Å². The maximum atomic E-state index is 11.8. The molecule has 1 rings (SSSR count). The number of hydrogen-bond acceptors (Lipinski definition) is 3. The van der Waals surface area contributed by atoms with Crippen molar-refractivity contribution in [3.63, 3.8) is 0 Å². The van der Waals surface area contributed by atoms with E-state index < -0.39 is 6.09 Å². The first kappa shape index (κ1) is 16.0. The lowest BCUT2D eigenvalue weighted by Gasteiger charge is -2.22. The maximum Gasteiger partial charge on any atom is 0.407 e. The Morgan fingerprint density at radius 1 is 1.20 bits per heavy atom. The Labute approximate surface area is 119 Å². The van der Waals surface area contributed by atoms with Crippen molar-refractivity contribution in [2.45, 2.75) is 27.7 Å². The Morgan fingerprint density at radius 3 is 2.30 bits per heavy atom. The summed E-state index contributed by atoms with van der Waals surface area (Å²) in [7, 11) is 0. The van der Waals surface area contributed by atoms with E-state index in [1.54, 1.807) is 11.8 Å². The average molecular weight is 278 g/mol. The molecule has 5 nitrogen and oxygen atoms in total. The fraction of sp³-hybridized carbons (Fsp3) is 0.467. The van der Waals surface area contributed by atoms with E-state index in [9.17, 15) is 9.59 Å². The normalized spacial score (nSPS) is 10.0. The number of alkyl carbamates (subject to hydrolysis) is 1. The van der Waals surface area contributed by atoms with Crippen molar-refractivity contribution in [3.05, 3.63) is 29.3 Å². The van der Waals surface area contributed by atoms with E-state index in [2.05, 4.69) is 11.4 Å².